The van der Waals surface area contributed by atoms with Crippen LogP contribution in [0.5, 0.6) is 0 Å². The molecule has 1 atom stereocenters. The topological polar surface area (TPSA) is 96.0 Å². The maximum atomic E-state index is 12.9. The number of carbonyl (C=O) groups is 2. The van der Waals surface area contributed by atoms with Crippen LogP contribution in [0.1, 0.15) is 39.0 Å². The number of piperidine rings is 2. The van der Waals surface area contributed by atoms with E-state index in [0.717, 1.165) is 38.6 Å². The highest BCUT2D eigenvalue weighted by molar-refractivity contribution is 7.89. The summed E-state index contributed by atoms with van der Waals surface area (Å²) in [6.45, 7) is 4.60. The van der Waals surface area contributed by atoms with E-state index in [2.05, 4.69) is 5.32 Å². The Labute approximate surface area is 178 Å². The molecule has 2 aliphatic heterocycles. The zero-order chi connectivity index (χ0) is 21.6. The number of carbonyl (C=O) groups excluding carboxylic acids is 2. The van der Waals surface area contributed by atoms with Crippen molar-refractivity contribution >= 4 is 27.6 Å². The molecular weight excluding hydrogens is 406 g/mol. The molecule has 0 spiro atoms. The molecule has 3 rings (SSSR count). The Kier molecular flexibility index (Phi) is 7.85. The van der Waals surface area contributed by atoms with Crippen LogP contribution in [-0.2, 0) is 24.3 Å². The summed E-state index contributed by atoms with van der Waals surface area (Å²) in [6, 6.07) is 6.41. The van der Waals surface area contributed by atoms with Crippen molar-refractivity contribution in [1.29, 1.82) is 0 Å². The van der Waals surface area contributed by atoms with E-state index < -0.39 is 10.0 Å². The normalized spacial score (nSPS) is 21.2. The second-order valence-corrected chi connectivity index (χ2v) is 9.81. The van der Waals surface area contributed by atoms with Gasteiger partial charge >= 0.3 is 5.97 Å². The molecule has 9 heteroatoms. The minimum Gasteiger partial charge on any atom is -0.466 e. The Balaban J connectivity index is 1.59. The van der Waals surface area contributed by atoms with Gasteiger partial charge in [0.05, 0.1) is 24.0 Å². The number of sulfonamides is 1. The summed E-state index contributed by atoms with van der Waals surface area (Å²) in [4.78, 5) is 26.6. The van der Waals surface area contributed by atoms with Gasteiger partial charge in [-0.25, -0.2) is 8.42 Å². The van der Waals surface area contributed by atoms with Gasteiger partial charge in [0, 0.05) is 25.3 Å². The van der Waals surface area contributed by atoms with Gasteiger partial charge in [-0.3, -0.25) is 14.5 Å². The monoisotopic (exact) mass is 437 g/mol. The van der Waals surface area contributed by atoms with Crippen LogP contribution < -0.4 is 5.32 Å². The van der Waals surface area contributed by atoms with Crippen LogP contribution >= 0.6 is 0 Å². The van der Waals surface area contributed by atoms with Gasteiger partial charge in [0.1, 0.15) is 0 Å². The van der Waals surface area contributed by atoms with Gasteiger partial charge in [-0.15, -0.1) is 0 Å². The third-order valence-corrected chi connectivity index (χ3v) is 7.46. The second-order valence-electron chi connectivity index (χ2n) is 7.87. The van der Waals surface area contributed by atoms with E-state index in [9.17, 15) is 18.0 Å². The van der Waals surface area contributed by atoms with Crippen molar-refractivity contribution in [3.05, 3.63) is 24.3 Å². The first-order chi connectivity index (χ1) is 14.4. The molecule has 0 saturated carbocycles. The number of nitrogens with one attached hydrogen (secondary N) is 1. The van der Waals surface area contributed by atoms with Gasteiger partial charge in [0.15, 0.2) is 0 Å². The smallest absolute Gasteiger partial charge is 0.310 e. The fourth-order valence-electron chi connectivity index (χ4n) is 4.04. The van der Waals surface area contributed by atoms with E-state index in [-0.39, 0.29) is 29.2 Å². The van der Waals surface area contributed by atoms with Crippen molar-refractivity contribution in [1.82, 2.24) is 9.21 Å². The number of esters is 1. The molecule has 2 heterocycles. The van der Waals surface area contributed by atoms with E-state index in [4.69, 9.17) is 4.74 Å². The van der Waals surface area contributed by atoms with Gasteiger partial charge in [0.25, 0.3) is 0 Å². The minimum atomic E-state index is -3.55. The Morgan fingerprint density at radius 1 is 1.13 bits per heavy atom. The lowest BCUT2D eigenvalue weighted by Gasteiger charge is -2.30. The molecule has 1 aromatic carbocycles. The number of anilines is 1. The van der Waals surface area contributed by atoms with Crippen LogP contribution in [0.4, 0.5) is 5.69 Å². The average molecular weight is 438 g/mol. The lowest BCUT2D eigenvalue weighted by Crippen LogP contribution is -2.43. The summed E-state index contributed by atoms with van der Waals surface area (Å²) in [5, 5.41) is 2.79. The SMILES string of the molecule is CCOC(=O)C1CCCN(CC(=O)Nc2cccc(S(=O)(=O)N3CCCCC3)c2)C1. The number of likely N-dealkylation sites (tertiary alicyclic amines) is 1. The summed E-state index contributed by atoms with van der Waals surface area (Å²) < 4.78 is 32.3. The van der Waals surface area contributed by atoms with Crippen molar-refractivity contribution in [2.75, 3.05) is 44.6 Å². The number of benzene rings is 1. The standard InChI is InChI=1S/C21H31N3O5S/c1-2-29-21(26)17-8-7-11-23(15-17)16-20(25)22-18-9-6-10-19(14-18)30(27,28)24-12-4-3-5-13-24/h6,9-10,14,17H,2-5,7-8,11-13,15-16H2,1H3,(H,22,25). The number of hydrogen-bond donors (Lipinski definition) is 1. The molecule has 166 valence electrons. The third-order valence-electron chi connectivity index (χ3n) is 5.56. The maximum absolute atomic E-state index is 12.9. The number of hydrogen-bond acceptors (Lipinski definition) is 6. The Morgan fingerprint density at radius 3 is 2.63 bits per heavy atom. The number of ether oxygens (including phenoxy) is 1. The molecule has 2 saturated heterocycles. The van der Waals surface area contributed by atoms with Crippen LogP contribution in [0.25, 0.3) is 0 Å². The molecule has 0 radical (unpaired) electrons. The highest BCUT2D eigenvalue weighted by Gasteiger charge is 2.28. The van der Waals surface area contributed by atoms with E-state index in [1.807, 2.05) is 4.90 Å². The van der Waals surface area contributed by atoms with E-state index in [0.29, 0.717) is 31.9 Å². The molecule has 2 fully saturated rings. The summed E-state index contributed by atoms with van der Waals surface area (Å²) in [7, 11) is -3.55. The zero-order valence-electron chi connectivity index (χ0n) is 17.5. The Morgan fingerprint density at radius 2 is 1.90 bits per heavy atom. The first kappa shape index (κ1) is 22.7. The predicted molar refractivity (Wildman–Crippen MR) is 113 cm³/mol. The number of rotatable bonds is 7. The zero-order valence-corrected chi connectivity index (χ0v) is 18.3. The lowest BCUT2D eigenvalue weighted by atomic mass is 9.98. The highest BCUT2D eigenvalue weighted by atomic mass is 32.2. The molecular formula is C21H31N3O5S. The van der Waals surface area contributed by atoms with E-state index >= 15 is 0 Å². The van der Waals surface area contributed by atoms with Crippen LogP contribution in [0.3, 0.4) is 0 Å². The fraction of sp³-hybridized carbons (Fsp3) is 0.619. The first-order valence-electron chi connectivity index (χ1n) is 10.7. The van der Waals surface area contributed by atoms with E-state index in [1.54, 1.807) is 25.1 Å². The lowest BCUT2D eigenvalue weighted by molar-refractivity contribution is -0.150. The van der Waals surface area contributed by atoms with Gasteiger partial charge < -0.3 is 10.1 Å². The molecule has 0 bridgehead atoms. The van der Waals surface area contributed by atoms with Crippen molar-refractivity contribution in [3.63, 3.8) is 0 Å². The molecule has 1 unspecified atom stereocenters. The molecule has 1 aromatic rings. The summed E-state index contributed by atoms with van der Waals surface area (Å²) >= 11 is 0. The number of amides is 1. The van der Waals surface area contributed by atoms with Crippen LogP contribution in [-0.4, -0.2) is 68.8 Å². The first-order valence-corrected chi connectivity index (χ1v) is 12.1. The largest absolute Gasteiger partial charge is 0.466 e. The van der Waals surface area contributed by atoms with Gasteiger partial charge in [0.2, 0.25) is 15.9 Å². The summed E-state index contributed by atoms with van der Waals surface area (Å²) in [6.07, 6.45) is 4.40. The minimum absolute atomic E-state index is 0.152. The summed E-state index contributed by atoms with van der Waals surface area (Å²) in [5.74, 6) is -0.644. The van der Waals surface area contributed by atoms with Gasteiger partial charge in [-0.05, 0) is 57.4 Å². The van der Waals surface area contributed by atoms with Crippen LogP contribution in [0.2, 0.25) is 0 Å². The Bertz CT molecular complexity index is 852. The molecule has 0 aliphatic carbocycles. The average Bonchev–Trinajstić information content (AvgIpc) is 2.75. The quantitative estimate of drug-likeness (QED) is 0.656. The second kappa shape index (κ2) is 10.4. The Hall–Kier alpha value is -1.97. The van der Waals surface area contributed by atoms with Crippen molar-refractivity contribution in [2.24, 2.45) is 5.92 Å². The molecule has 2 aliphatic rings. The highest BCUT2D eigenvalue weighted by Crippen LogP contribution is 2.23. The molecule has 1 N–H and O–H groups in total. The predicted octanol–water partition coefficient (Wildman–Crippen LogP) is 2.07. The summed E-state index contributed by atoms with van der Waals surface area (Å²) in [5.41, 5.74) is 0.456. The third kappa shape index (κ3) is 5.80. The van der Waals surface area contributed by atoms with Gasteiger partial charge in [-0.2, -0.15) is 4.31 Å². The van der Waals surface area contributed by atoms with Crippen molar-refractivity contribution < 1.29 is 22.7 Å². The molecule has 30 heavy (non-hydrogen) atoms. The number of nitrogens with zero attached hydrogens (tertiary/aromatic N) is 2. The fourth-order valence-corrected chi connectivity index (χ4v) is 5.61. The van der Waals surface area contributed by atoms with Crippen molar-refractivity contribution in [3.8, 4) is 0 Å². The molecule has 8 nitrogen and oxygen atoms in total. The van der Waals surface area contributed by atoms with Crippen LogP contribution in [0.15, 0.2) is 29.2 Å². The molecule has 0 aromatic heterocycles. The van der Waals surface area contributed by atoms with Crippen LogP contribution in [0, 0.1) is 5.92 Å². The maximum Gasteiger partial charge on any atom is 0.310 e. The van der Waals surface area contributed by atoms with Gasteiger partial charge in [-0.1, -0.05) is 12.5 Å². The van der Waals surface area contributed by atoms with Crippen molar-refractivity contribution in [2.45, 2.75) is 43.9 Å². The van der Waals surface area contributed by atoms with E-state index in [1.165, 1.54) is 10.4 Å². The molecule has 1 amide bonds.